The van der Waals surface area contributed by atoms with Gasteiger partial charge >= 0.3 is 0 Å². The van der Waals surface area contributed by atoms with Gasteiger partial charge in [-0.1, -0.05) is 53.5 Å². The molecule has 0 aliphatic rings. The first-order valence-electron chi connectivity index (χ1n) is 4.93. The molecule has 0 saturated carbocycles. The zero-order valence-corrected chi connectivity index (χ0v) is 11.2. The highest BCUT2D eigenvalue weighted by Gasteiger charge is 2.18. The van der Waals surface area contributed by atoms with E-state index in [9.17, 15) is 4.79 Å². The number of hydrogen-bond donors (Lipinski definition) is 0. The van der Waals surface area contributed by atoms with Crippen molar-refractivity contribution in [3.05, 3.63) is 34.9 Å². The molecular formula is C12H14BrClO. The van der Waals surface area contributed by atoms with E-state index in [-0.39, 0.29) is 16.5 Å². The number of alkyl halides is 1. The zero-order chi connectivity index (χ0) is 11.4. The summed E-state index contributed by atoms with van der Waals surface area (Å²) >= 11 is 9.28. The van der Waals surface area contributed by atoms with E-state index in [0.717, 1.165) is 5.56 Å². The first-order chi connectivity index (χ1) is 7.00. The van der Waals surface area contributed by atoms with Crippen molar-refractivity contribution in [3.63, 3.8) is 0 Å². The molecule has 0 bridgehead atoms. The summed E-state index contributed by atoms with van der Waals surface area (Å²) in [5.74, 6) is 0.295. The third-order valence-corrected chi connectivity index (χ3v) is 3.19. The highest BCUT2D eigenvalue weighted by atomic mass is 79.9. The molecule has 1 aromatic carbocycles. The Kier molecular flexibility index (Phi) is 4.81. The first-order valence-corrected chi connectivity index (χ1v) is 6.22. The molecule has 0 aromatic heterocycles. The molecule has 15 heavy (non-hydrogen) atoms. The minimum absolute atomic E-state index is 0.0635. The van der Waals surface area contributed by atoms with Gasteiger partial charge in [-0.25, -0.2) is 0 Å². The minimum atomic E-state index is -0.115. The standard InChI is InChI=1S/C12H14BrClO/c1-8(2)12(15)11(13)7-9-4-3-5-10(14)6-9/h3-6,8,11H,7H2,1-2H3. The summed E-state index contributed by atoms with van der Waals surface area (Å²) in [6.07, 6.45) is 0.692. The fourth-order valence-corrected chi connectivity index (χ4v) is 2.45. The summed E-state index contributed by atoms with van der Waals surface area (Å²) in [4.78, 5) is 11.5. The van der Waals surface area contributed by atoms with Crippen molar-refractivity contribution in [1.82, 2.24) is 0 Å². The Morgan fingerprint density at radius 1 is 1.47 bits per heavy atom. The summed E-state index contributed by atoms with van der Waals surface area (Å²) in [7, 11) is 0. The summed E-state index contributed by atoms with van der Waals surface area (Å²) in [6, 6.07) is 7.60. The predicted octanol–water partition coefficient (Wildman–Crippen LogP) is 3.87. The predicted molar refractivity (Wildman–Crippen MR) is 67.7 cm³/mol. The molecular weight excluding hydrogens is 275 g/mol. The second-order valence-electron chi connectivity index (χ2n) is 3.86. The Labute approximate surface area is 104 Å². The maximum atomic E-state index is 11.7. The largest absolute Gasteiger partial charge is 0.298 e. The van der Waals surface area contributed by atoms with Gasteiger partial charge in [-0.05, 0) is 24.1 Å². The SMILES string of the molecule is CC(C)C(=O)C(Br)Cc1cccc(Cl)c1. The van der Waals surface area contributed by atoms with Crippen LogP contribution in [0.2, 0.25) is 5.02 Å². The molecule has 1 rings (SSSR count). The smallest absolute Gasteiger partial charge is 0.149 e. The molecule has 0 saturated heterocycles. The number of carbonyl (C=O) groups excluding carboxylic acids is 1. The van der Waals surface area contributed by atoms with E-state index in [1.54, 1.807) is 0 Å². The van der Waals surface area contributed by atoms with Crippen molar-refractivity contribution in [1.29, 1.82) is 0 Å². The fraction of sp³-hybridized carbons (Fsp3) is 0.417. The lowest BCUT2D eigenvalue weighted by Crippen LogP contribution is -2.21. The monoisotopic (exact) mass is 288 g/mol. The van der Waals surface area contributed by atoms with E-state index < -0.39 is 0 Å². The van der Waals surface area contributed by atoms with Crippen molar-refractivity contribution >= 4 is 33.3 Å². The van der Waals surface area contributed by atoms with Crippen LogP contribution in [0.4, 0.5) is 0 Å². The van der Waals surface area contributed by atoms with Gasteiger partial charge in [0.05, 0.1) is 4.83 Å². The van der Waals surface area contributed by atoms with Crippen LogP contribution < -0.4 is 0 Å². The van der Waals surface area contributed by atoms with Crippen molar-refractivity contribution in [2.24, 2.45) is 5.92 Å². The quantitative estimate of drug-likeness (QED) is 0.769. The van der Waals surface area contributed by atoms with Crippen LogP contribution in [0.1, 0.15) is 19.4 Å². The van der Waals surface area contributed by atoms with Gasteiger partial charge in [-0.15, -0.1) is 0 Å². The van der Waals surface area contributed by atoms with Crippen molar-refractivity contribution < 1.29 is 4.79 Å². The van der Waals surface area contributed by atoms with Crippen LogP contribution in [0, 0.1) is 5.92 Å². The Bertz CT molecular complexity index is 349. The third-order valence-electron chi connectivity index (χ3n) is 2.18. The molecule has 0 N–H and O–H groups in total. The lowest BCUT2D eigenvalue weighted by molar-refractivity contribution is -0.121. The minimum Gasteiger partial charge on any atom is -0.298 e. The number of rotatable bonds is 4. The number of halogens is 2. The van der Waals surface area contributed by atoms with E-state index in [0.29, 0.717) is 11.4 Å². The molecule has 1 nitrogen and oxygen atoms in total. The summed E-state index contributed by atoms with van der Waals surface area (Å²) < 4.78 is 0. The molecule has 82 valence electrons. The van der Waals surface area contributed by atoms with E-state index in [4.69, 9.17) is 11.6 Å². The van der Waals surface area contributed by atoms with E-state index >= 15 is 0 Å². The van der Waals surface area contributed by atoms with E-state index in [1.165, 1.54) is 0 Å². The van der Waals surface area contributed by atoms with Crippen LogP contribution >= 0.6 is 27.5 Å². The Morgan fingerprint density at radius 3 is 2.67 bits per heavy atom. The fourth-order valence-electron chi connectivity index (χ4n) is 1.33. The maximum Gasteiger partial charge on any atom is 0.149 e. The maximum absolute atomic E-state index is 11.7. The Morgan fingerprint density at radius 2 is 2.13 bits per heavy atom. The molecule has 0 amide bonds. The molecule has 1 atom stereocenters. The van der Waals surface area contributed by atoms with E-state index in [1.807, 2.05) is 38.1 Å². The highest BCUT2D eigenvalue weighted by molar-refractivity contribution is 9.10. The number of ketones is 1. The topological polar surface area (TPSA) is 17.1 Å². The van der Waals surface area contributed by atoms with Crippen LogP contribution in [0.15, 0.2) is 24.3 Å². The second kappa shape index (κ2) is 5.66. The van der Waals surface area contributed by atoms with Gasteiger partial charge in [-0.3, -0.25) is 4.79 Å². The van der Waals surface area contributed by atoms with Gasteiger partial charge in [-0.2, -0.15) is 0 Å². The van der Waals surface area contributed by atoms with Gasteiger partial charge in [0, 0.05) is 10.9 Å². The normalized spacial score (nSPS) is 12.9. The average molecular weight is 290 g/mol. The van der Waals surface area contributed by atoms with Crippen molar-refractivity contribution in [2.45, 2.75) is 25.1 Å². The molecule has 0 heterocycles. The molecule has 1 aromatic rings. The van der Waals surface area contributed by atoms with Crippen LogP contribution in [-0.2, 0) is 11.2 Å². The number of benzene rings is 1. The third kappa shape index (κ3) is 3.96. The molecule has 1 unspecified atom stereocenters. The lowest BCUT2D eigenvalue weighted by Gasteiger charge is -2.11. The summed E-state index contributed by atoms with van der Waals surface area (Å²) in [5.41, 5.74) is 1.08. The zero-order valence-electron chi connectivity index (χ0n) is 8.84. The molecule has 0 aliphatic carbocycles. The van der Waals surface area contributed by atoms with Gasteiger partial charge in [0.2, 0.25) is 0 Å². The second-order valence-corrected chi connectivity index (χ2v) is 5.40. The average Bonchev–Trinajstić information content (AvgIpc) is 2.16. The summed E-state index contributed by atoms with van der Waals surface area (Å²) in [5, 5.41) is 0.712. The molecule has 0 aliphatic heterocycles. The van der Waals surface area contributed by atoms with Crippen molar-refractivity contribution in [3.8, 4) is 0 Å². The van der Waals surface area contributed by atoms with Crippen LogP contribution in [-0.4, -0.2) is 10.6 Å². The number of Topliss-reactive ketones (excluding diaryl/α,β-unsaturated/α-hetero) is 1. The Hall–Kier alpha value is -0.340. The van der Waals surface area contributed by atoms with Crippen LogP contribution in [0.3, 0.4) is 0 Å². The molecule has 3 heteroatoms. The Balaban J connectivity index is 2.66. The van der Waals surface area contributed by atoms with Gasteiger partial charge in [0.1, 0.15) is 5.78 Å². The number of carbonyl (C=O) groups is 1. The van der Waals surface area contributed by atoms with Gasteiger partial charge in [0.15, 0.2) is 0 Å². The van der Waals surface area contributed by atoms with E-state index in [2.05, 4.69) is 15.9 Å². The summed E-state index contributed by atoms with van der Waals surface area (Å²) in [6.45, 7) is 3.82. The molecule has 0 fully saturated rings. The number of hydrogen-bond acceptors (Lipinski definition) is 1. The van der Waals surface area contributed by atoms with Gasteiger partial charge < -0.3 is 0 Å². The first kappa shape index (κ1) is 12.7. The highest BCUT2D eigenvalue weighted by Crippen LogP contribution is 2.17. The molecule has 0 spiro atoms. The van der Waals surface area contributed by atoms with Crippen LogP contribution in [0.5, 0.6) is 0 Å². The van der Waals surface area contributed by atoms with Gasteiger partial charge in [0.25, 0.3) is 0 Å². The van der Waals surface area contributed by atoms with Crippen LogP contribution in [0.25, 0.3) is 0 Å². The molecule has 0 radical (unpaired) electrons. The van der Waals surface area contributed by atoms with Crippen molar-refractivity contribution in [2.75, 3.05) is 0 Å². The lowest BCUT2D eigenvalue weighted by atomic mass is 10.0.